The van der Waals surface area contributed by atoms with Crippen LogP contribution in [0.2, 0.25) is 5.02 Å². The fourth-order valence-corrected chi connectivity index (χ4v) is 5.11. The minimum atomic E-state index is -0.650. The maximum atomic E-state index is 13.7. The summed E-state index contributed by atoms with van der Waals surface area (Å²) in [6.07, 6.45) is 5.09. The van der Waals surface area contributed by atoms with E-state index in [1.807, 2.05) is 0 Å². The van der Waals surface area contributed by atoms with E-state index in [9.17, 15) is 14.3 Å². The number of carbonyl (C=O) groups is 1. The third-order valence-electron chi connectivity index (χ3n) is 5.83. The number of thiazole rings is 1. The zero-order valence-corrected chi connectivity index (χ0v) is 17.2. The largest absolute Gasteiger partial charge is 0.388 e. The molecule has 0 saturated heterocycles. The molecule has 3 heterocycles. The molecule has 152 valence electrons. The van der Waals surface area contributed by atoms with Crippen LogP contribution in [0.4, 0.5) is 9.52 Å². The van der Waals surface area contributed by atoms with Gasteiger partial charge in [-0.05, 0) is 37.5 Å². The lowest BCUT2D eigenvalue weighted by molar-refractivity contribution is -0.131. The molecule has 0 bridgehead atoms. The van der Waals surface area contributed by atoms with Crippen molar-refractivity contribution in [2.24, 2.45) is 4.99 Å². The highest BCUT2D eigenvalue weighted by molar-refractivity contribution is 7.15. The smallest absolute Gasteiger partial charge is 0.251 e. The summed E-state index contributed by atoms with van der Waals surface area (Å²) in [4.78, 5) is 24.8. The van der Waals surface area contributed by atoms with E-state index in [-0.39, 0.29) is 10.9 Å². The number of aliphatic hydroxyl groups is 1. The number of amides is 1. The van der Waals surface area contributed by atoms with Crippen LogP contribution in [0.3, 0.4) is 0 Å². The number of hydrogen-bond donors (Lipinski definition) is 2. The van der Waals surface area contributed by atoms with Gasteiger partial charge in [0.05, 0.1) is 28.2 Å². The minimum absolute atomic E-state index is 0.00728. The molecular formula is C20H20ClFN4O2S. The lowest BCUT2D eigenvalue weighted by atomic mass is 9.80. The van der Waals surface area contributed by atoms with Crippen LogP contribution in [0.5, 0.6) is 0 Å². The van der Waals surface area contributed by atoms with Gasteiger partial charge in [-0.25, -0.2) is 9.37 Å². The van der Waals surface area contributed by atoms with E-state index in [2.05, 4.69) is 15.3 Å². The van der Waals surface area contributed by atoms with Gasteiger partial charge in [-0.2, -0.15) is 0 Å². The second-order valence-corrected chi connectivity index (χ2v) is 9.39. The van der Waals surface area contributed by atoms with Gasteiger partial charge in [0.2, 0.25) is 0 Å². The van der Waals surface area contributed by atoms with Crippen molar-refractivity contribution in [2.45, 2.75) is 43.9 Å². The third-order valence-corrected chi connectivity index (χ3v) is 7.16. The van der Waals surface area contributed by atoms with Crippen LogP contribution in [-0.2, 0) is 17.8 Å². The fourth-order valence-electron chi connectivity index (χ4n) is 3.93. The van der Waals surface area contributed by atoms with Gasteiger partial charge in [0.1, 0.15) is 11.9 Å². The van der Waals surface area contributed by atoms with E-state index in [4.69, 9.17) is 11.6 Å². The Balaban J connectivity index is 1.28. The first-order chi connectivity index (χ1) is 13.9. The van der Waals surface area contributed by atoms with E-state index in [1.165, 1.54) is 23.5 Å². The first-order valence-corrected chi connectivity index (χ1v) is 10.9. The summed E-state index contributed by atoms with van der Waals surface area (Å²) in [6, 6.07) is 2.13. The number of benzene rings is 1. The number of nitrogens with zero attached hydrogens (tertiary/aromatic N) is 3. The van der Waals surface area contributed by atoms with Gasteiger partial charge in [0.15, 0.2) is 5.13 Å². The van der Waals surface area contributed by atoms with Crippen molar-refractivity contribution in [1.82, 2.24) is 9.88 Å². The Kier molecular flexibility index (Phi) is 4.60. The Morgan fingerprint density at radius 1 is 1.45 bits per heavy atom. The van der Waals surface area contributed by atoms with Crippen molar-refractivity contribution in [3.63, 3.8) is 0 Å². The zero-order valence-electron chi connectivity index (χ0n) is 15.6. The molecule has 9 heteroatoms. The first-order valence-electron chi connectivity index (χ1n) is 9.69. The Labute approximate surface area is 175 Å². The summed E-state index contributed by atoms with van der Waals surface area (Å²) in [5, 5.41) is 15.4. The number of carbonyl (C=O) groups excluding carboxylic acids is 1. The van der Waals surface area contributed by atoms with Crippen LogP contribution >= 0.6 is 22.9 Å². The molecular weight excluding hydrogens is 415 g/mol. The van der Waals surface area contributed by atoms with Crippen molar-refractivity contribution in [2.75, 3.05) is 18.4 Å². The van der Waals surface area contributed by atoms with Gasteiger partial charge in [0, 0.05) is 29.6 Å². The van der Waals surface area contributed by atoms with Gasteiger partial charge in [-0.15, -0.1) is 0 Å². The summed E-state index contributed by atoms with van der Waals surface area (Å²) in [6.45, 7) is 1.57. The Morgan fingerprint density at radius 2 is 2.28 bits per heavy atom. The number of nitrogens with one attached hydrogen (secondary N) is 1. The quantitative estimate of drug-likeness (QED) is 0.766. The molecule has 1 fully saturated rings. The molecule has 1 atom stereocenters. The number of aromatic nitrogens is 1. The number of hydrogen-bond acceptors (Lipinski definition) is 6. The second kappa shape index (κ2) is 7.04. The molecule has 2 aromatic rings. The molecule has 1 unspecified atom stereocenters. The van der Waals surface area contributed by atoms with Crippen molar-refractivity contribution in [3.05, 3.63) is 44.1 Å². The first kappa shape index (κ1) is 19.0. The molecule has 1 aromatic carbocycles. The summed E-state index contributed by atoms with van der Waals surface area (Å²) in [5.74, 6) is -0.612. The lowest BCUT2D eigenvalue weighted by Crippen LogP contribution is -2.43. The highest BCUT2D eigenvalue weighted by atomic mass is 35.5. The summed E-state index contributed by atoms with van der Waals surface area (Å²) in [7, 11) is 0. The molecule has 29 heavy (non-hydrogen) atoms. The van der Waals surface area contributed by atoms with Gasteiger partial charge < -0.3 is 15.3 Å². The van der Waals surface area contributed by atoms with Crippen molar-refractivity contribution in [3.8, 4) is 0 Å². The van der Waals surface area contributed by atoms with Crippen LogP contribution < -0.4 is 15.9 Å². The van der Waals surface area contributed by atoms with Crippen molar-refractivity contribution < 1.29 is 14.3 Å². The minimum Gasteiger partial charge on any atom is -0.388 e. The van der Waals surface area contributed by atoms with Crippen molar-refractivity contribution in [1.29, 1.82) is 0 Å². The van der Waals surface area contributed by atoms with E-state index in [0.717, 1.165) is 35.0 Å². The average Bonchev–Trinajstić information content (AvgIpc) is 3.27. The van der Waals surface area contributed by atoms with Crippen LogP contribution in [0.15, 0.2) is 17.1 Å². The normalized spacial score (nSPS) is 21.5. The Morgan fingerprint density at radius 3 is 3.03 bits per heavy atom. The standard InChI is InChI=1S/C20H20ClFN4O2S/c21-12-8-15-11(6-13(12)22)7-16(24-15)18(27)26-5-2-14-17(9-26)29-19(25-14)23-10-20(28)3-1-4-20/h6-8,16,28H,1-5,9-10H2,(H,23,25). The SMILES string of the molecule is O=C(C1C=c2cc(F)c(Cl)cc2=N1)N1CCc2nc(NCC3(O)CCC3)sc2C1. The van der Waals surface area contributed by atoms with E-state index in [1.54, 1.807) is 11.0 Å². The van der Waals surface area contributed by atoms with E-state index >= 15 is 0 Å². The highest BCUT2D eigenvalue weighted by Gasteiger charge is 2.34. The van der Waals surface area contributed by atoms with Crippen LogP contribution in [-0.4, -0.2) is 45.6 Å². The number of rotatable bonds is 4. The molecule has 6 nitrogen and oxygen atoms in total. The van der Waals surface area contributed by atoms with E-state index < -0.39 is 17.5 Å². The fraction of sp³-hybridized carbons (Fsp3) is 0.450. The molecule has 2 aliphatic heterocycles. The number of fused-ring (bicyclic) bond motifs is 2. The molecule has 0 spiro atoms. The predicted octanol–water partition coefficient (Wildman–Crippen LogP) is 1.63. The predicted molar refractivity (Wildman–Crippen MR) is 109 cm³/mol. The number of anilines is 1. The van der Waals surface area contributed by atoms with Crippen LogP contribution in [0.1, 0.15) is 29.8 Å². The molecule has 1 aromatic heterocycles. The third kappa shape index (κ3) is 3.53. The molecule has 3 aliphatic rings. The molecule has 1 amide bonds. The van der Waals surface area contributed by atoms with Crippen molar-refractivity contribution >= 4 is 40.1 Å². The zero-order chi connectivity index (χ0) is 20.2. The maximum absolute atomic E-state index is 13.7. The second-order valence-electron chi connectivity index (χ2n) is 7.90. The monoisotopic (exact) mass is 434 g/mol. The van der Waals surface area contributed by atoms with Gasteiger partial charge in [-0.3, -0.25) is 9.79 Å². The number of halogens is 2. The average molecular weight is 435 g/mol. The molecule has 1 saturated carbocycles. The summed E-state index contributed by atoms with van der Waals surface area (Å²) >= 11 is 7.35. The lowest BCUT2D eigenvalue weighted by Gasteiger charge is -2.36. The van der Waals surface area contributed by atoms with Crippen LogP contribution in [0.25, 0.3) is 6.08 Å². The van der Waals surface area contributed by atoms with Gasteiger partial charge in [-0.1, -0.05) is 22.9 Å². The Bertz CT molecular complexity index is 1070. The topological polar surface area (TPSA) is 77.8 Å². The maximum Gasteiger partial charge on any atom is 0.251 e. The summed E-state index contributed by atoms with van der Waals surface area (Å²) in [5.41, 5.74) is 0.400. The van der Waals surface area contributed by atoms with E-state index in [0.29, 0.717) is 36.6 Å². The molecule has 2 N–H and O–H groups in total. The molecule has 5 rings (SSSR count). The highest BCUT2D eigenvalue weighted by Crippen LogP contribution is 2.33. The van der Waals surface area contributed by atoms with Crippen LogP contribution in [0, 0.1) is 5.82 Å². The van der Waals surface area contributed by atoms with Gasteiger partial charge in [0.25, 0.3) is 5.91 Å². The Hall–Kier alpha value is -2.03. The molecule has 0 radical (unpaired) electrons. The van der Waals surface area contributed by atoms with Gasteiger partial charge >= 0.3 is 0 Å². The molecule has 1 aliphatic carbocycles. The summed E-state index contributed by atoms with van der Waals surface area (Å²) < 4.78 is 13.7.